The lowest BCUT2D eigenvalue weighted by molar-refractivity contribution is 0.0202. The summed E-state index contributed by atoms with van der Waals surface area (Å²) < 4.78 is 13.0. The van der Waals surface area contributed by atoms with Crippen molar-refractivity contribution in [2.75, 3.05) is 13.6 Å². The van der Waals surface area contributed by atoms with Crippen LogP contribution in [-0.4, -0.2) is 36.2 Å². The van der Waals surface area contributed by atoms with E-state index in [1.807, 2.05) is 0 Å². The van der Waals surface area contributed by atoms with Crippen LogP contribution in [0.3, 0.4) is 0 Å². The molecule has 0 heterocycles. The van der Waals surface area contributed by atoms with E-state index in [9.17, 15) is 19.4 Å². The van der Waals surface area contributed by atoms with Crippen LogP contribution in [-0.2, 0) is 0 Å². The van der Waals surface area contributed by atoms with Crippen molar-refractivity contribution in [2.45, 2.75) is 12.2 Å². The number of aliphatic hydroxyl groups is 2. The number of likely N-dealkylation sites (N-methyl/N-ethyl adjacent to an activating group) is 1. The monoisotopic (exact) mass is 227 g/mol. The third kappa shape index (κ3) is 2.85. The predicted molar refractivity (Wildman–Crippen MR) is 56.7 cm³/mol. The van der Waals surface area contributed by atoms with Gasteiger partial charge in [-0.05, 0) is 24.7 Å². The Morgan fingerprint density at radius 1 is 1.50 bits per heavy atom. The van der Waals surface area contributed by atoms with Crippen molar-refractivity contribution in [2.24, 2.45) is 0 Å². The van der Waals surface area contributed by atoms with E-state index < -0.39 is 18.0 Å². The highest BCUT2D eigenvalue weighted by molar-refractivity contribution is 5.75. The Labute approximate surface area is 92.7 Å². The summed E-state index contributed by atoms with van der Waals surface area (Å²) in [6, 6.07) is 3.66. The van der Waals surface area contributed by atoms with E-state index in [-0.39, 0.29) is 12.1 Å². The number of hydrogen-bond donors (Lipinski definition) is 3. The second-order valence-corrected chi connectivity index (χ2v) is 3.47. The lowest BCUT2D eigenvalue weighted by Crippen LogP contribution is -2.29. The van der Waals surface area contributed by atoms with Gasteiger partial charge < -0.3 is 15.5 Å². The number of aldehydes is 1. The molecule has 0 aliphatic heterocycles. The van der Waals surface area contributed by atoms with E-state index >= 15 is 0 Å². The Bertz CT molecular complexity index is 370. The number of carbonyl (C=O) groups excluding carboxylic acids is 1. The molecule has 0 aliphatic rings. The van der Waals surface area contributed by atoms with E-state index in [1.165, 1.54) is 12.1 Å². The number of aliphatic hydroxyl groups excluding tert-OH is 2. The molecule has 1 aromatic carbocycles. The Hall–Kier alpha value is -1.30. The summed E-state index contributed by atoms with van der Waals surface area (Å²) in [5.41, 5.74) is 0.180. The predicted octanol–water partition coefficient (Wildman–Crippen LogP) is 0.252. The molecular weight excluding hydrogens is 213 g/mol. The topological polar surface area (TPSA) is 69.6 Å². The zero-order valence-corrected chi connectivity index (χ0v) is 8.85. The molecule has 0 saturated heterocycles. The van der Waals surface area contributed by atoms with Crippen LogP contribution in [0.25, 0.3) is 0 Å². The molecular formula is C11H14FNO3. The van der Waals surface area contributed by atoms with Crippen LogP contribution in [0, 0.1) is 5.82 Å². The van der Waals surface area contributed by atoms with Crippen molar-refractivity contribution in [3.63, 3.8) is 0 Å². The quantitative estimate of drug-likeness (QED) is 0.631. The normalized spacial score (nSPS) is 14.5. The van der Waals surface area contributed by atoms with Gasteiger partial charge in [-0.3, -0.25) is 4.79 Å². The molecule has 0 saturated carbocycles. The number of carbonyl (C=O) groups is 1. The molecule has 3 N–H and O–H groups in total. The van der Waals surface area contributed by atoms with Gasteiger partial charge in [0.1, 0.15) is 11.9 Å². The highest BCUT2D eigenvalue weighted by atomic mass is 19.1. The molecule has 0 fully saturated rings. The van der Waals surface area contributed by atoms with Crippen LogP contribution in [0.15, 0.2) is 18.2 Å². The maximum Gasteiger partial charge on any atom is 0.153 e. The summed E-state index contributed by atoms with van der Waals surface area (Å²) in [5, 5.41) is 21.9. The minimum atomic E-state index is -1.15. The lowest BCUT2D eigenvalue weighted by atomic mass is 10.0. The molecule has 1 aromatic rings. The van der Waals surface area contributed by atoms with Gasteiger partial charge in [-0.15, -0.1) is 0 Å². The first-order chi connectivity index (χ1) is 7.60. The molecule has 2 atom stereocenters. The molecule has 16 heavy (non-hydrogen) atoms. The van der Waals surface area contributed by atoms with Crippen LogP contribution >= 0.6 is 0 Å². The summed E-state index contributed by atoms with van der Waals surface area (Å²) in [4.78, 5) is 10.5. The molecule has 0 amide bonds. The summed E-state index contributed by atoms with van der Waals surface area (Å²) in [5.74, 6) is -0.644. The van der Waals surface area contributed by atoms with E-state index in [2.05, 4.69) is 5.32 Å². The van der Waals surface area contributed by atoms with Crippen molar-refractivity contribution in [1.29, 1.82) is 0 Å². The smallest absolute Gasteiger partial charge is 0.153 e. The fourth-order valence-corrected chi connectivity index (χ4v) is 1.38. The van der Waals surface area contributed by atoms with Crippen molar-refractivity contribution < 1.29 is 19.4 Å². The van der Waals surface area contributed by atoms with Crippen LogP contribution in [0.2, 0.25) is 0 Å². The summed E-state index contributed by atoms with van der Waals surface area (Å²) in [7, 11) is 1.64. The Morgan fingerprint density at radius 3 is 2.75 bits per heavy atom. The largest absolute Gasteiger partial charge is 0.389 e. The van der Waals surface area contributed by atoms with Gasteiger partial charge in [0.05, 0.1) is 11.7 Å². The van der Waals surface area contributed by atoms with E-state index in [0.717, 1.165) is 6.07 Å². The summed E-state index contributed by atoms with van der Waals surface area (Å²) in [6.45, 7) is 0.203. The number of halogens is 1. The first kappa shape index (κ1) is 12.8. The molecule has 0 aliphatic carbocycles. The molecule has 2 unspecified atom stereocenters. The molecule has 0 spiro atoms. The van der Waals surface area contributed by atoms with Crippen molar-refractivity contribution >= 4 is 6.29 Å². The molecule has 1 rings (SSSR count). The van der Waals surface area contributed by atoms with Crippen molar-refractivity contribution in [3.8, 4) is 0 Å². The second-order valence-electron chi connectivity index (χ2n) is 3.47. The average molecular weight is 227 g/mol. The van der Waals surface area contributed by atoms with Gasteiger partial charge in [-0.2, -0.15) is 0 Å². The molecule has 0 aromatic heterocycles. The lowest BCUT2D eigenvalue weighted by Gasteiger charge is -2.18. The maximum atomic E-state index is 13.0. The standard InChI is InChI=1S/C11H14FNO3/c1-13-5-10(15)11(16)7-2-3-9(12)8(4-7)6-14/h2-4,6,10-11,13,15-16H,5H2,1H3. The van der Waals surface area contributed by atoms with Gasteiger partial charge >= 0.3 is 0 Å². The number of hydrogen-bond acceptors (Lipinski definition) is 4. The van der Waals surface area contributed by atoms with E-state index in [0.29, 0.717) is 11.8 Å². The molecule has 5 heteroatoms. The van der Waals surface area contributed by atoms with Gasteiger partial charge in [0.2, 0.25) is 0 Å². The van der Waals surface area contributed by atoms with E-state index in [4.69, 9.17) is 0 Å². The third-order valence-electron chi connectivity index (χ3n) is 2.27. The Morgan fingerprint density at radius 2 is 2.19 bits per heavy atom. The number of nitrogens with one attached hydrogen (secondary N) is 1. The summed E-state index contributed by atoms with van der Waals surface area (Å²) >= 11 is 0. The first-order valence-corrected chi connectivity index (χ1v) is 4.85. The average Bonchev–Trinajstić information content (AvgIpc) is 2.29. The summed E-state index contributed by atoms with van der Waals surface area (Å²) in [6.07, 6.45) is -1.78. The molecule has 88 valence electrons. The Balaban J connectivity index is 2.91. The van der Waals surface area contributed by atoms with Crippen LogP contribution < -0.4 is 5.32 Å². The van der Waals surface area contributed by atoms with Crippen LogP contribution in [0.4, 0.5) is 4.39 Å². The highest BCUT2D eigenvalue weighted by Crippen LogP contribution is 2.19. The van der Waals surface area contributed by atoms with Crippen molar-refractivity contribution in [1.82, 2.24) is 5.32 Å². The highest BCUT2D eigenvalue weighted by Gasteiger charge is 2.18. The third-order valence-corrected chi connectivity index (χ3v) is 2.27. The SMILES string of the molecule is CNCC(O)C(O)c1ccc(F)c(C=O)c1. The zero-order valence-electron chi connectivity index (χ0n) is 8.85. The van der Waals surface area contributed by atoms with Gasteiger partial charge in [0, 0.05) is 6.54 Å². The molecule has 4 nitrogen and oxygen atoms in total. The number of benzene rings is 1. The minimum absolute atomic E-state index is 0.131. The zero-order chi connectivity index (χ0) is 12.1. The van der Waals surface area contributed by atoms with Gasteiger partial charge in [0.25, 0.3) is 0 Å². The second kappa shape index (κ2) is 5.69. The minimum Gasteiger partial charge on any atom is -0.389 e. The maximum absolute atomic E-state index is 13.0. The Kier molecular flexibility index (Phi) is 4.54. The molecule has 0 radical (unpaired) electrons. The van der Waals surface area contributed by atoms with Gasteiger partial charge in [-0.1, -0.05) is 6.07 Å². The van der Waals surface area contributed by atoms with Crippen molar-refractivity contribution in [3.05, 3.63) is 35.1 Å². The van der Waals surface area contributed by atoms with Crippen LogP contribution in [0.1, 0.15) is 22.0 Å². The fourth-order valence-electron chi connectivity index (χ4n) is 1.38. The number of rotatable bonds is 5. The van der Waals surface area contributed by atoms with Gasteiger partial charge in [-0.25, -0.2) is 4.39 Å². The first-order valence-electron chi connectivity index (χ1n) is 4.85. The molecule has 0 bridgehead atoms. The van der Waals surface area contributed by atoms with E-state index in [1.54, 1.807) is 7.05 Å². The van der Waals surface area contributed by atoms with Crippen LogP contribution in [0.5, 0.6) is 0 Å². The fraction of sp³-hybridized carbons (Fsp3) is 0.364. The van der Waals surface area contributed by atoms with Gasteiger partial charge in [0.15, 0.2) is 6.29 Å².